The topological polar surface area (TPSA) is 37.7 Å². The Kier molecular flexibility index (Phi) is 5.38. The van der Waals surface area contributed by atoms with Crippen LogP contribution in [0.1, 0.15) is 25.0 Å². The number of carbonyl (C=O) groups excluding carboxylic acids is 1. The molecule has 1 aliphatic carbocycles. The van der Waals surface area contributed by atoms with Crippen molar-refractivity contribution in [1.82, 2.24) is 14.4 Å². The summed E-state index contributed by atoms with van der Waals surface area (Å²) in [6.45, 7) is 5.12. The van der Waals surface area contributed by atoms with Gasteiger partial charge in [-0.25, -0.2) is 0 Å². The molecule has 0 N–H and O–H groups in total. The maximum atomic E-state index is 12.1. The quantitative estimate of drug-likeness (QED) is 0.720. The minimum atomic E-state index is 0.175. The molecule has 0 aromatic carbocycles. The first-order chi connectivity index (χ1) is 11.1. The zero-order chi connectivity index (χ0) is 16.2. The van der Waals surface area contributed by atoms with Crippen molar-refractivity contribution in [3.63, 3.8) is 0 Å². The Hall–Kier alpha value is -1.33. The van der Waals surface area contributed by atoms with Gasteiger partial charge in [-0.2, -0.15) is 0 Å². The Labute approximate surface area is 139 Å². The fourth-order valence-corrected chi connectivity index (χ4v) is 3.19. The van der Waals surface area contributed by atoms with E-state index in [1.807, 2.05) is 14.1 Å². The Morgan fingerprint density at radius 1 is 1.30 bits per heavy atom. The molecule has 1 fully saturated rings. The second-order valence-electron chi connectivity index (χ2n) is 7.28. The standard InChI is InChI=1S/C18H29N3O2/c1-19(2)18(22)13-20-10-16(7-9-23-14-15-5-6-15)11-21-8-3-4-17(21)12-20/h3-4,8,15-16H,5-7,9-14H2,1-2H3/t16-/m0/s1. The number of nitrogens with zero attached hydrogens (tertiary/aromatic N) is 3. The average molecular weight is 319 g/mol. The molecule has 1 aromatic heterocycles. The van der Waals surface area contributed by atoms with Crippen molar-refractivity contribution in [2.75, 3.05) is 40.4 Å². The van der Waals surface area contributed by atoms with Gasteiger partial charge in [0.05, 0.1) is 6.54 Å². The molecule has 1 atom stereocenters. The van der Waals surface area contributed by atoms with Crippen LogP contribution in [0.3, 0.4) is 0 Å². The Balaban J connectivity index is 1.56. The van der Waals surface area contributed by atoms with E-state index < -0.39 is 0 Å². The normalized spacial score (nSPS) is 21.7. The fourth-order valence-electron chi connectivity index (χ4n) is 3.19. The van der Waals surface area contributed by atoms with Gasteiger partial charge in [-0.1, -0.05) is 0 Å². The minimum Gasteiger partial charge on any atom is -0.381 e. The Morgan fingerprint density at radius 3 is 2.87 bits per heavy atom. The van der Waals surface area contributed by atoms with Crippen molar-refractivity contribution >= 4 is 5.91 Å². The van der Waals surface area contributed by atoms with Gasteiger partial charge < -0.3 is 14.2 Å². The summed E-state index contributed by atoms with van der Waals surface area (Å²) >= 11 is 0. The number of amides is 1. The summed E-state index contributed by atoms with van der Waals surface area (Å²) in [6.07, 6.45) is 5.91. The molecule has 128 valence electrons. The molecule has 0 saturated heterocycles. The number of rotatable bonds is 7. The average Bonchev–Trinajstić information content (AvgIpc) is 3.27. The number of fused-ring (bicyclic) bond motifs is 1. The van der Waals surface area contributed by atoms with Crippen LogP contribution in [-0.2, 0) is 22.6 Å². The summed E-state index contributed by atoms with van der Waals surface area (Å²) in [5, 5.41) is 0. The number of aromatic nitrogens is 1. The summed E-state index contributed by atoms with van der Waals surface area (Å²) < 4.78 is 8.16. The van der Waals surface area contributed by atoms with Crippen LogP contribution in [0.15, 0.2) is 18.3 Å². The maximum Gasteiger partial charge on any atom is 0.236 e. The lowest BCUT2D eigenvalue weighted by Gasteiger charge is -2.24. The van der Waals surface area contributed by atoms with Gasteiger partial charge in [0.2, 0.25) is 5.91 Å². The highest BCUT2D eigenvalue weighted by Gasteiger charge is 2.24. The highest BCUT2D eigenvalue weighted by Crippen LogP contribution is 2.29. The summed E-state index contributed by atoms with van der Waals surface area (Å²) in [4.78, 5) is 16.0. The van der Waals surface area contributed by atoms with E-state index in [2.05, 4.69) is 27.8 Å². The number of carbonyl (C=O) groups is 1. The van der Waals surface area contributed by atoms with Crippen molar-refractivity contribution in [1.29, 1.82) is 0 Å². The first-order valence-electron chi connectivity index (χ1n) is 8.76. The van der Waals surface area contributed by atoms with E-state index in [-0.39, 0.29) is 5.91 Å². The third-order valence-corrected chi connectivity index (χ3v) is 4.86. The molecule has 2 aliphatic rings. The Bertz CT molecular complexity index is 522. The van der Waals surface area contributed by atoms with Crippen molar-refractivity contribution in [3.05, 3.63) is 24.0 Å². The van der Waals surface area contributed by atoms with Crippen molar-refractivity contribution in [2.24, 2.45) is 11.8 Å². The molecular formula is C18H29N3O2. The van der Waals surface area contributed by atoms with E-state index in [9.17, 15) is 4.79 Å². The molecule has 1 aromatic rings. The summed E-state index contributed by atoms with van der Waals surface area (Å²) in [7, 11) is 3.65. The molecule has 0 bridgehead atoms. The molecule has 1 saturated carbocycles. The number of likely N-dealkylation sites (N-methyl/N-ethyl adjacent to an activating group) is 1. The zero-order valence-corrected chi connectivity index (χ0v) is 14.4. The molecule has 5 heteroatoms. The molecule has 1 aliphatic heterocycles. The van der Waals surface area contributed by atoms with Gasteiger partial charge in [-0.05, 0) is 43.2 Å². The number of hydrogen-bond donors (Lipinski definition) is 0. The van der Waals surface area contributed by atoms with Gasteiger partial charge in [-0.3, -0.25) is 9.69 Å². The van der Waals surface area contributed by atoms with Crippen LogP contribution in [-0.4, -0.2) is 60.7 Å². The largest absolute Gasteiger partial charge is 0.381 e. The molecular weight excluding hydrogens is 290 g/mol. The summed E-state index contributed by atoms with van der Waals surface area (Å²) in [5.41, 5.74) is 1.30. The molecule has 0 spiro atoms. The smallest absolute Gasteiger partial charge is 0.236 e. The van der Waals surface area contributed by atoms with Crippen molar-refractivity contribution in [2.45, 2.75) is 32.4 Å². The van der Waals surface area contributed by atoms with E-state index in [1.54, 1.807) is 4.90 Å². The van der Waals surface area contributed by atoms with Crippen LogP contribution in [0.4, 0.5) is 0 Å². The Morgan fingerprint density at radius 2 is 2.13 bits per heavy atom. The highest BCUT2D eigenvalue weighted by atomic mass is 16.5. The van der Waals surface area contributed by atoms with Gasteiger partial charge in [0.15, 0.2) is 0 Å². The van der Waals surface area contributed by atoms with E-state index in [4.69, 9.17) is 4.74 Å². The molecule has 0 radical (unpaired) electrons. The molecule has 5 nitrogen and oxygen atoms in total. The summed E-state index contributed by atoms with van der Waals surface area (Å²) in [5.74, 6) is 1.54. The van der Waals surface area contributed by atoms with Gasteiger partial charge >= 0.3 is 0 Å². The van der Waals surface area contributed by atoms with Crippen molar-refractivity contribution in [3.8, 4) is 0 Å². The minimum absolute atomic E-state index is 0.175. The third kappa shape index (κ3) is 4.82. The zero-order valence-electron chi connectivity index (χ0n) is 14.4. The van der Waals surface area contributed by atoms with Crippen LogP contribution in [0.2, 0.25) is 0 Å². The van der Waals surface area contributed by atoms with Gasteiger partial charge in [0.25, 0.3) is 0 Å². The fraction of sp³-hybridized carbons (Fsp3) is 0.722. The van der Waals surface area contributed by atoms with Crippen LogP contribution < -0.4 is 0 Å². The lowest BCUT2D eigenvalue weighted by atomic mass is 10.1. The molecule has 2 heterocycles. The van der Waals surface area contributed by atoms with Crippen LogP contribution in [0, 0.1) is 11.8 Å². The molecule has 1 amide bonds. The van der Waals surface area contributed by atoms with Crippen LogP contribution in [0.5, 0.6) is 0 Å². The lowest BCUT2D eigenvalue weighted by molar-refractivity contribution is -0.130. The second-order valence-corrected chi connectivity index (χ2v) is 7.28. The SMILES string of the molecule is CN(C)C(=O)CN1Cc2cccn2C[C@@H](CCOCC2CC2)C1. The second kappa shape index (κ2) is 7.49. The van der Waals surface area contributed by atoms with E-state index in [0.717, 1.165) is 45.2 Å². The predicted octanol–water partition coefficient (Wildman–Crippen LogP) is 1.82. The van der Waals surface area contributed by atoms with Crippen LogP contribution >= 0.6 is 0 Å². The van der Waals surface area contributed by atoms with Gasteiger partial charge in [0.1, 0.15) is 0 Å². The highest BCUT2D eigenvalue weighted by molar-refractivity contribution is 5.77. The first kappa shape index (κ1) is 16.5. The lowest BCUT2D eigenvalue weighted by Crippen LogP contribution is -2.38. The van der Waals surface area contributed by atoms with E-state index in [0.29, 0.717) is 12.5 Å². The van der Waals surface area contributed by atoms with Gasteiger partial charge in [-0.15, -0.1) is 0 Å². The predicted molar refractivity (Wildman–Crippen MR) is 90.1 cm³/mol. The molecule has 23 heavy (non-hydrogen) atoms. The van der Waals surface area contributed by atoms with Crippen LogP contribution in [0.25, 0.3) is 0 Å². The maximum absolute atomic E-state index is 12.1. The van der Waals surface area contributed by atoms with Crippen molar-refractivity contribution < 1.29 is 9.53 Å². The van der Waals surface area contributed by atoms with Gasteiger partial charge in [0, 0.05) is 58.8 Å². The van der Waals surface area contributed by atoms with E-state index in [1.165, 1.54) is 18.5 Å². The number of hydrogen-bond acceptors (Lipinski definition) is 3. The number of ether oxygens (including phenoxy) is 1. The first-order valence-corrected chi connectivity index (χ1v) is 8.76. The monoisotopic (exact) mass is 319 g/mol. The third-order valence-electron chi connectivity index (χ3n) is 4.86. The molecule has 0 unspecified atom stereocenters. The molecule has 3 rings (SSSR count). The van der Waals surface area contributed by atoms with E-state index >= 15 is 0 Å². The summed E-state index contributed by atoms with van der Waals surface area (Å²) in [6, 6.07) is 4.27.